The van der Waals surface area contributed by atoms with Crippen molar-refractivity contribution in [1.29, 1.82) is 0 Å². The van der Waals surface area contributed by atoms with Crippen molar-refractivity contribution in [3.8, 4) is 0 Å². The normalized spacial score (nSPS) is 13.0. The Balaban J connectivity index is 3.02. The first-order valence-corrected chi connectivity index (χ1v) is 6.67. The van der Waals surface area contributed by atoms with Crippen molar-refractivity contribution in [3.05, 3.63) is 34.9 Å². The van der Waals surface area contributed by atoms with E-state index in [4.69, 9.17) is 5.11 Å². The van der Waals surface area contributed by atoms with Crippen LogP contribution in [0.3, 0.4) is 0 Å². The number of carboxylic acids is 1. The molecule has 0 saturated heterocycles. The van der Waals surface area contributed by atoms with Crippen molar-refractivity contribution < 1.29 is 18.7 Å². The molecule has 0 aliphatic rings. The second-order valence-corrected chi connectivity index (χ2v) is 5.27. The maximum Gasteiger partial charge on any atom is 0.304 e. The van der Waals surface area contributed by atoms with Gasteiger partial charge >= 0.3 is 5.97 Å². The third-order valence-electron chi connectivity index (χ3n) is 3.47. The Hall–Kier alpha value is -1.49. The first kappa shape index (κ1) is 16.6. The van der Waals surface area contributed by atoms with Crippen LogP contribution in [0, 0.1) is 18.6 Å². The minimum absolute atomic E-state index is 0.0293. The Labute approximate surface area is 118 Å². The van der Waals surface area contributed by atoms with E-state index >= 15 is 0 Å². The van der Waals surface area contributed by atoms with E-state index < -0.39 is 17.6 Å². The van der Waals surface area contributed by atoms with Crippen LogP contribution in [0.25, 0.3) is 0 Å². The van der Waals surface area contributed by atoms with Crippen molar-refractivity contribution in [3.63, 3.8) is 0 Å². The Morgan fingerprint density at radius 1 is 1.25 bits per heavy atom. The maximum atomic E-state index is 14.0. The molecule has 0 spiro atoms. The lowest BCUT2D eigenvalue weighted by atomic mass is 10.0. The molecule has 1 N–H and O–H groups in total. The van der Waals surface area contributed by atoms with Crippen molar-refractivity contribution in [2.24, 2.45) is 0 Å². The second kappa shape index (κ2) is 6.79. The number of rotatable bonds is 6. The van der Waals surface area contributed by atoms with E-state index in [1.807, 2.05) is 18.7 Å². The van der Waals surface area contributed by atoms with Crippen LogP contribution in [0.5, 0.6) is 0 Å². The molecular weight excluding hydrogens is 264 g/mol. The highest BCUT2D eigenvalue weighted by atomic mass is 19.1. The average Bonchev–Trinajstić information content (AvgIpc) is 2.32. The van der Waals surface area contributed by atoms with Crippen molar-refractivity contribution in [2.45, 2.75) is 46.2 Å². The van der Waals surface area contributed by atoms with Gasteiger partial charge in [0.1, 0.15) is 11.6 Å². The van der Waals surface area contributed by atoms with Crippen LogP contribution in [0.2, 0.25) is 0 Å². The molecule has 5 heteroatoms. The highest BCUT2D eigenvalue weighted by molar-refractivity contribution is 5.66. The van der Waals surface area contributed by atoms with Crippen LogP contribution in [0.4, 0.5) is 8.78 Å². The third-order valence-corrected chi connectivity index (χ3v) is 3.47. The van der Waals surface area contributed by atoms with E-state index in [2.05, 4.69) is 0 Å². The van der Waals surface area contributed by atoms with E-state index in [0.29, 0.717) is 6.54 Å². The van der Waals surface area contributed by atoms with Gasteiger partial charge in [-0.1, -0.05) is 0 Å². The standard InChI is InChI=1S/C15H21F2NO2/c1-9(2)18(6-5-15(19)20)11(4)12-8-13(16)10(3)7-14(12)17/h7-9,11H,5-6H2,1-4H3,(H,19,20). The topological polar surface area (TPSA) is 40.5 Å². The molecule has 0 radical (unpaired) electrons. The van der Waals surface area contributed by atoms with E-state index in [1.165, 1.54) is 19.1 Å². The lowest BCUT2D eigenvalue weighted by Gasteiger charge is -2.32. The predicted octanol–water partition coefficient (Wildman–Crippen LogP) is 3.52. The van der Waals surface area contributed by atoms with Gasteiger partial charge in [0.05, 0.1) is 6.42 Å². The molecule has 1 aromatic rings. The number of carboxylic acid groups (broad SMARTS) is 1. The molecule has 1 atom stereocenters. The molecule has 0 heterocycles. The summed E-state index contributed by atoms with van der Waals surface area (Å²) in [5.74, 6) is -1.81. The van der Waals surface area contributed by atoms with Gasteiger partial charge in [-0.2, -0.15) is 0 Å². The Morgan fingerprint density at radius 3 is 2.35 bits per heavy atom. The summed E-state index contributed by atoms with van der Waals surface area (Å²) in [7, 11) is 0. The highest BCUT2D eigenvalue weighted by Crippen LogP contribution is 2.27. The van der Waals surface area contributed by atoms with Gasteiger partial charge in [-0.05, 0) is 45.4 Å². The fourth-order valence-corrected chi connectivity index (χ4v) is 2.28. The molecule has 0 amide bonds. The van der Waals surface area contributed by atoms with E-state index in [1.54, 1.807) is 6.92 Å². The highest BCUT2D eigenvalue weighted by Gasteiger charge is 2.23. The van der Waals surface area contributed by atoms with Crippen molar-refractivity contribution in [1.82, 2.24) is 4.90 Å². The first-order chi connectivity index (χ1) is 9.23. The van der Waals surface area contributed by atoms with E-state index in [9.17, 15) is 13.6 Å². The van der Waals surface area contributed by atoms with Gasteiger partial charge in [-0.3, -0.25) is 9.69 Å². The minimum Gasteiger partial charge on any atom is -0.481 e. The number of nitrogens with zero attached hydrogens (tertiary/aromatic N) is 1. The maximum absolute atomic E-state index is 14.0. The van der Waals surface area contributed by atoms with E-state index in [-0.39, 0.29) is 29.6 Å². The summed E-state index contributed by atoms with van der Waals surface area (Å²) in [5.41, 5.74) is 0.521. The monoisotopic (exact) mass is 285 g/mol. The van der Waals surface area contributed by atoms with Crippen LogP contribution in [0.15, 0.2) is 12.1 Å². The van der Waals surface area contributed by atoms with Crippen molar-refractivity contribution >= 4 is 5.97 Å². The number of aliphatic carboxylic acids is 1. The number of hydrogen-bond donors (Lipinski definition) is 1. The number of carbonyl (C=O) groups is 1. The molecule has 1 unspecified atom stereocenters. The van der Waals surface area contributed by atoms with Crippen LogP contribution in [-0.4, -0.2) is 28.6 Å². The van der Waals surface area contributed by atoms with Crippen LogP contribution >= 0.6 is 0 Å². The zero-order valence-electron chi connectivity index (χ0n) is 12.3. The second-order valence-electron chi connectivity index (χ2n) is 5.27. The largest absolute Gasteiger partial charge is 0.481 e. The van der Waals surface area contributed by atoms with Gasteiger partial charge in [-0.15, -0.1) is 0 Å². The molecule has 3 nitrogen and oxygen atoms in total. The van der Waals surface area contributed by atoms with Gasteiger partial charge in [0.15, 0.2) is 0 Å². The number of hydrogen-bond acceptors (Lipinski definition) is 2. The molecule has 0 bridgehead atoms. The summed E-state index contributed by atoms with van der Waals surface area (Å²) < 4.78 is 27.6. The summed E-state index contributed by atoms with van der Waals surface area (Å²) in [5, 5.41) is 8.77. The zero-order valence-corrected chi connectivity index (χ0v) is 12.3. The van der Waals surface area contributed by atoms with Crippen molar-refractivity contribution in [2.75, 3.05) is 6.54 Å². The van der Waals surface area contributed by atoms with Gasteiger partial charge in [0.2, 0.25) is 0 Å². The Bertz CT molecular complexity index is 489. The molecule has 0 aromatic heterocycles. The zero-order chi connectivity index (χ0) is 15.4. The summed E-state index contributed by atoms with van der Waals surface area (Å²) in [6.07, 6.45) is -0.0293. The minimum atomic E-state index is -0.904. The lowest BCUT2D eigenvalue weighted by Crippen LogP contribution is -2.35. The smallest absolute Gasteiger partial charge is 0.304 e. The molecule has 0 fully saturated rings. The Kier molecular flexibility index (Phi) is 5.62. The summed E-state index contributed by atoms with van der Waals surface area (Å²) in [6.45, 7) is 7.37. The molecule has 1 rings (SSSR count). The van der Waals surface area contributed by atoms with Gasteiger partial charge in [0, 0.05) is 24.2 Å². The number of benzene rings is 1. The molecule has 1 aromatic carbocycles. The van der Waals surface area contributed by atoms with Crippen LogP contribution < -0.4 is 0 Å². The van der Waals surface area contributed by atoms with Gasteiger partial charge in [0.25, 0.3) is 0 Å². The third kappa shape index (κ3) is 4.00. The summed E-state index contributed by atoms with van der Waals surface area (Å²) >= 11 is 0. The van der Waals surface area contributed by atoms with E-state index in [0.717, 1.165) is 0 Å². The molecular formula is C15H21F2NO2. The molecule has 0 aliphatic heterocycles. The Morgan fingerprint density at radius 2 is 1.85 bits per heavy atom. The molecule has 20 heavy (non-hydrogen) atoms. The van der Waals surface area contributed by atoms with Gasteiger partial charge in [-0.25, -0.2) is 8.78 Å². The SMILES string of the molecule is Cc1cc(F)c(C(C)N(CCC(=O)O)C(C)C)cc1F. The van der Waals surface area contributed by atoms with Gasteiger partial charge < -0.3 is 5.11 Å². The quantitative estimate of drug-likeness (QED) is 0.869. The van der Waals surface area contributed by atoms with Crippen LogP contribution in [0.1, 0.15) is 44.4 Å². The molecule has 0 saturated carbocycles. The first-order valence-electron chi connectivity index (χ1n) is 6.67. The van der Waals surface area contributed by atoms with Crippen LogP contribution in [-0.2, 0) is 4.79 Å². The fourth-order valence-electron chi connectivity index (χ4n) is 2.28. The number of halogens is 2. The number of aryl methyl sites for hydroxylation is 1. The summed E-state index contributed by atoms with van der Waals surface area (Å²) in [4.78, 5) is 12.5. The predicted molar refractivity (Wildman–Crippen MR) is 73.6 cm³/mol. The summed E-state index contributed by atoms with van der Waals surface area (Å²) in [6, 6.07) is 2.03. The average molecular weight is 285 g/mol. The molecule has 0 aliphatic carbocycles. The fraction of sp³-hybridized carbons (Fsp3) is 0.533. The lowest BCUT2D eigenvalue weighted by molar-refractivity contribution is -0.137. The molecule has 112 valence electrons.